The molecule has 0 bridgehead atoms. The van der Waals surface area contributed by atoms with Crippen LogP contribution in [0.2, 0.25) is 5.02 Å². The van der Waals surface area contributed by atoms with E-state index in [2.05, 4.69) is 32.8 Å². The van der Waals surface area contributed by atoms with E-state index in [1.54, 1.807) is 13.4 Å². The van der Waals surface area contributed by atoms with Crippen LogP contribution in [0.3, 0.4) is 0 Å². The molecule has 2 aromatic rings. The molecule has 0 spiro atoms. The lowest BCUT2D eigenvalue weighted by molar-refractivity contribution is 0.181. The second kappa shape index (κ2) is 7.15. The molecule has 1 aromatic heterocycles. The van der Waals surface area contributed by atoms with Crippen molar-refractivity contribution in [2.24, 2.45) is 0 Å². The summed E-state index contributed by atoms with van der Waals surface area (Å²) in [5.41, 5.74) is 3.39. The maximum absolute atomic E-state index is 6.14. The standard InChI is InChI=1S/C17H21ClN4O/c1-13-3-4-14(18)9-16(13)21-5-7-22(8-6-21)17-10-15(11-23-2)19-12-20-17/h3-4,9-10,12H,5-8,11H2,1-2H3. The number of rotatable bonds is 4. The van der Waals surface area contributed by atoms with Crippen molar-refractivity contribution in [3.63, 3.8) is 0 Å². The molecule has 2 heterocycles. The molecular formula is C17H21ClN4O. The largest absolute Gasteiger partial charge is 0.378 e. The topological polar surface area (TPSA) is 41.5 Å². The third kappa shape index (κ3) is 3.74. The van der Waals surface area contributed by atoms with Gasteiger partial charge in [-0.1, -0.05) is 17.7 Å². The minimum atomic E-state index is 0.511. The van der Waals surface area contributed by atoms with Crippen LogP contribution in [-0.2, 0) is 11.3 Å². The first kappa shape index (κ1) is 16.0. The van der Waals surface area contributed by atoms with Gasteiger partial charge in [0.2, 0.25) is 0 Å². The van der Waals surface area contributed by atoms with Crippen LogP contribution in [0.25, 0.3) is 0 Å². The summed E-state index contributed by atoms with van der Waals surface area (Å²) >= 11 is 6.14. The Morgan fingerprint density at radius 3 is 2.57 bits per heavy atom. The van der Waals surface area contributed by atoms with E-state index in [-0.39, 0.29) is 0 Å². The third-order valence-electron chi connectivity index (χ3n) is 4.12. The molecule has 23 heavy (non-hydrogen) atoms. The number of aryl methyl sites for hydroxylation is 1. The number of hydrogen-bond donors (Lipinski definition) is 0. The van der Waals surface area contributed by atoms with Crippen molar-refractivity contribution >= 4 is 23.1 Å². The van der Waals surface area contributed by atoms with Gasteiger partial charge in [0.15, 0.2) is 0 Å². The number of aromatic nitrogens is 2. The summed E-state index contributed by atoms with van der Waals surface area (Å²) in [6.07, 6.45) is 1.61. The predicted molar refractivity (Wildman–Crippen MR) is 93.4 cm³/mol. The molecule has 1 aliphatic rings. The fourth-order valence-corrected chi connectivity index (χ4v) is 3.05. The summed E-state index contributed by atoms with van der Waals surface area (Å²) < 4.78 is 5.14. The van der Waals surface area contributed by atoms with Gasteiger partial charge in [0.25, 0.3) is 0 Å². The molecule has 5 nitrogen and oxygen atoms in total. The molecule has 0 aliphatic carbocycles. The lowest BCUT2D eigenvalue weighted by Gasteiger charge is -2.37. The van der Waals surface area contributed by atoms with Crippen LogP contribution in [0.1, 0.15) is 11.3 Å². The Balaban J connectivity index is 1.68. The first-order valence-electron chi connectivity index (χ1n) is 7.73. The molecule has 1 aromatic carbocycles. The van der Waals surface area contributed by atoms with Gasteiger partial charge in [-0.05, 0) is 24.6 Å². The minimum absolute atomic E-state index is 0.511. The van der Waals surface area contributed by atoms with E-state index in [0.29, 0.717) is 6.61 Å². The number of anilines is 2. The van der Waals surface area contributed by atoms with E-state index in [9.17, 15) is 0 Å². The Hall–Kier alpha value is -1.85. The number of methoxy groups -OCH3 is 1. The molecule has 1 fully saturated rings. The van der Waals surface area contributed by atoms with E-state index >= 15 is 0 Å². The lowest BCUT2D eigenvalue weighted by atomic mass is 10.1. The highest BCUT2D eigenvalue weighted by Gasteiger charge is 2.20. The van der Waals surface area contributed by atoms with E-state index in [1.165, 1.54) is 11.3 Å². The molecule has 122 valence electrons. The molecule has 3 rings (SSSR count). The maximum Gasteiger partial charge on any atom is 0.132 e. The van der Waals surface area contributed by atoms with Gasteiger partial charge in [-0.2, -0.15) is 0 Å². The summed E-state index contributed by atoms with van der Waals surface area (Å²) in [5.74, 6) is 0.967. The van der Waals surface area contributed by atoms with Crippen LogP contribution >= 0.6 is 11.6 Å². The number of nitrogens with zero attached hydrogens (tertiary/aromatic N) is 4. The number of hydrogen-bond acceptors (Lipinski definition) is 5. The highest BCUT2D eigenvalue weighted by atomic mass is 35.5. The highest BCUT2D eigenvalue weighted by molar-refractivity contribution is 6.30. The van der Waals surface area contributed by atoms with Crippen molar-refractivity contribution in [1.29, 1.82) is 0 Å². The highest BCUT2D eigenvalue weighted by Crippen LogP contribution is 2.26. The van der Waals surface area contributed by atoms with Crippen LogP contribution in [0.5, 0.6) is 0 Å². The summed E-state index contributed by atoms with van der Waals surface area (Å²) in [4.78, 5) is 13.3. The zero-order valence-corrected chi connectivity index (χ0v) is 14.3. The molecule has 0 saturated carbocycles. The van der Waals surface area contributed by atoms with Crippen LogP contribution in [0.15, 0.2) is 30.6 Å². The normalized spacial score (nSPS) is 15.1. The summed E-state index contributed by atoms with van der Waals surface area (Å²) in [6, 6.07) is 8.07. The summed E-state index contributed by atoms with van der Waals surface area (Å²) in [6.45, 7) is 6.39. The van der Waals surface area contributed by atoms with Gasteiger partial charge < -0.3 is 14.5 Å². The quantitative estimate of drug-likeness (QED) is 0.861. The van der Waals surface area contributed by atoms with Crippen molar-refractivity contribution in [2.75, 3.05) is 43.1 Å². The molecule has 0 atom stereocenters. The van der Waals surface area contributed by atoms with Gasteiger partial charge in [-0.3, -0.25) is 0 Å². The lowest BCUT2D eigenvalue weighted by Crippen LogP contribution is -2.47. The zero-order valence-electron chi connectivity index (χ0n) is 13.5. The van der Waals surface area contributed by atoms with Crippen LogP contribution in [0.4, 0.5) is 11.5 Å². The van der Waals surface area contributed by atoms with Crippen molar-refractivity contribution in [1.82, 2.24) is 9.97 Å². The zero-order chi connectivity index (χ0) is 16.2. The Morgan fingerprint density at radius 2 is 1.83 bits per heavy atom. The van der Waals surface area contributed by atoms with Gasteiger partial charge in [0.05, 0.1) is 12.3 Å². The number of benzene rings is 1. The maximum atomic E-state index is 6.14. The summed E-state index contributed by atoms with van der Waals surface area (Å²) in [7, 11) is 1.67. The first-order chi connectivity index (χ1) is 11.2. The van der Waals surface area contributed by atoms with Gasteiger partial charge in [-0.25, -0.2) is 9.97 Å². The second-order valence-corrected chi connectivity index (χ2v) is 6.14. The van der Waals surface area contributed by atoms with Gasteiger partial charge in [0, 0.05) is 50.1 Å². The molecule has 0 unspecified atom stereocenters. The van der Waals surface area contributed by atoms with Crippen LogP contribution in [-0.4, -0.2) is 43.3 Å². The van der Waals surface area contributed by atoms with Gasteiger partial charge >= 0.3 is 0 Å². The van der Waals surface area contributed by atoms with Crippen molar-refractivity contribution in [3.8, 4) is 0 Å². The average molecular weight is 333 g/mol. The van der Waals surface area contributed by atoms with Gasteiger partial charge in [-0.15, -0.1) is 0 Å². The number of piperazine rings is 1. The van der Waals surface area contributed by atoms with E-state index < -0.39 is 0 Å². The monoisotopic (exact) mass is 332 g/mol. The fourth-order valence-electron chi connectivity index (χ4n) is 2.89. The smallest absolute Gasteiger partial charge is 0.132 e. The number of ether oxygens (including phenoxy) is 1. The Labute approximate surface area is 141 Å². The summed E-state index contributed by atoms with van der Waals surface area (Å²) in [5, 5.41) is 0.785. The van der Waals surface area contributed by atoms with Crippen LogP contribution < -0.4 is 9.80 Å². The van der Waals surface area contributed by atoms with Crippen molar-refractivity contribution in [2.45, 2.75) is 13.5 Å². The first-order valence-corrected chi connectivity index (χ1v) is 8.11. The van der Waals surface area contributed by atoms with E-state index in [1.807, 2.05) is 18.2 Å². The Bertz CT molecular complexity index is 671. The molecule has 0 N–H and O–H groups in total. The molecular weight excluding hydrogens is 312 g/mol. The van der Waals surface area contributed by atoms with E-state index in [4.69, 9.17) is 16.3 Å². The Kier molecular flexibility index (Phi) is 4.98. The third-order valence-corrected chi connectivity index (χ3v) is 4.35. The van der Waals surface area contributed by atoms with E-state index in [0.717, 1.165) is 42.7 Å². The molecule has 0 amide bonds. The molecule has 1 saturated heterocycles. The van der Waals surface area contributed by atoms with Crippen LogP contribution in [0, 0.1) is 6.92 Å². The minimum Gasteiger partial charge on any atom is -0.378 e. The molecule has 6 heteroatoms. The average Bonchev–Trinajstić information content (AvgIpc) is 2.58. The SMILES string of the molecule is COCc1cc(N2CCN(c3cc(Cl)ccc3C)CC2)ncn1. The van der Waals surface area contributed by atoms with Crippen molar-refractivity contribution in [3.05, 3.63) is 46.9 Å². The molecule has 0 radical (unpaired) electrons. The number of halogens is 1. The van der Waals surface area contributed by atoms with Crippen molar-refractivity contribution < 1.29 is 4.74 Å². The Morgan fingerprint density at radius 1 is 1.09 bits per heavy atom. The fraction of sp³-hybridized carbons (Fsp3) is 0.412. The van der Waals surface area contributed by atoms with Gasteiger partial charge in [0.1, 0.15) is 12.1 Å². The second-order valence-electron chi connectivity index (χ2n) is 5.71. The molecule has 1 aliphatic heterocycles. The predicted octanol–water partition coefficient (Wildman–Crippen LogP) is 2.91.